The molecule has 5 nitrogen and oxygen atoms in total. The minimum absolute atomic E-state index is 0.0473. The molecule has 158 valence electrons. The molecule has 0 bridgehead atoms. The molecule has 4 heterocycles. The molecule has 3 aliphatic rings. The van der Waals surface area contributed by atoms with Gasteiger partial charge in [0.1, 0.15) is 12.5 Å². The molecule has 2 aromatic heterocycles. The van der Waals surface area contributed by atoms with Crippen molar-refractivity contribution >= 4 is 5.91 Å². The van der Waals surface area contributed by atoms with Crippen molar-refractivity contribution in [3.05, 3.63) is 64.7 Å². The minimum Gasteiger partial charge on any atom is -0.357 e. The zero-order chi connectivity index (χ0) is 21.2. The molecule has 1 aliphatic carbocycles. The standard InChI is InChI=1S/C24H22F2N4O/c25-7-8-30-12-24(13-30)11-28-23(31)20-16-6-5-14-10-27-19(15-3-1-2-4-18(15)26)9-17(14)21(16)29-22(20)24/h1-4,9-10,29H,5-8,11-13H2,(H,28,31). The molecule has 0 atom stereocenters. The Morgan fingerprint density at radius 2 is 2.00 bits per heavy atom. The highest BCUT2D eigenvalue weighted by Crippen LogP contribution is 2.45. The first-order chi connectivity index (χ1) is 15.1. The number of carbonyl (C=O) groups is 1. The van der Waals surface area contributed by atoms with Crippen molar-refractivity contribution in [1.82, 2.24) is 20.2 Å². The van der Waals surface area contributed by atoms with Crippen LogP contribution in [0.1, 0.15) is 27.2 Å². The van der Waals surface area contributed by atoms with Gasteiger partial charge in [-0.05, 0) is 42.2 Å². The van der Waals surface area contributed by atoms with Crippen molar-refractivity contribution in [3.8, 4) is 22.5 Å². The molecule has 1 saturated heterocycles. The number of fused-ring (bicyclic) bond motifs is 6. The topological polar surface area (TPSA) is 61.0 Å². The van der Waals surface area contributed by atoms with E-state index in [1.807, 2.05) is 12.3 Å². The van der Waals surface area contributed by atoms with E-state index in [1.165, 1.54) is 6.07 Å². The van der Waals surface area contributed by atoms with Gasteiger partial charge in [-0.25, -0.2) is 8.78 Å². The first kappa shape index (κ1) is 18.7. The molecule has 0 unspecified atom stereocenters. The van der Waals surface area contributed by atoms with E-state index in [0.717, 1.165) is 59.6 Å². The number of alkyl halides is 1. The Balaban J connectivity index is 1.47. The Bertz CT molecular complexity index is 1210. The Morgan fingerprint density at radius 1 is 1.16 bits per heavy atom. The Kier molecular flexibility index (Phi) is 4.05. The summed E-state index contributed by atoms with van der Waals surface area (Å²) >= 11 is 0. The van der Waals surface area contributed by atoms with E-state index in [-0.39, 0.29) is 23.8 Å². The summed E-state index contributed by atoms with van der Waals surface area (Å²) in [4.78, 5) is 23.0. The molecule has 6 rings (SSSR count). The molecule has 0 radical (unpaired) electrons. The van der Waals surface area contributed by atoms with Gasteiger partial charge in [-0.1, -0.05) is 12.1 Å². The number of H-pyrrole nitrogens is 1. The van der Waals surface area contributed by atoms with Crippen LogP contribution in [0, 0.1) is 5.82 Å². The van der Waals surface area contributed by atoms with E-state index < -0.39 is 0 Å². The number of nitrogens with zero attached hydrogens (tertiary/aromatic N) is 2. The van der Waals surface area contributed by atoms with Crippen molar-refractivity contribution in [2.75, 3.05) is 32.9 Å². The van der Waals surface area contributed by atoms with Gasteiger partial charge in [0.05, 0.1) is 22.4 Å². The average molecular weight is 420 g/mol. The second-order valence-corrected chi connectivity index (χ2v) is 8.80. The maximum atomic E-state index is 14.4. The molecule has 7 heteroatoms. The highest BCUT2D eigenvalue weighted by Gasteiger charge is 2.51. The van der Waals surface area contributed by atoms with Crippen LogP contribution in [-0.2, 0) is 18.3 Å². The van der Waals surface area contributed by atoms with Gasteiger partial charge in [0.25, 0.3) is 5.91 Å². The predicted octanol–water partition coefficient (Wildman–Crippen LogP) is 3.25. The fourth-order valence-electron chi connectivity index (χ4n) is 5.44. The Hall–Kier alpha value is -3.06. The van der Waals surface area contributed by atoms with Crippen LogP contribution in [0.4, 0.5) is 8.78 Å². The Morgan fingerprint density at radius 3 is 2.81 bits per heavy atom. The van der Waals surface area contributed by atoms with E-state index >= 15 is 0 Å². The van der Waals surface area contributed by atoms with Gasteiger partial charge in [-0.3, -0.25) is 14.7 Å². The smallest absolute Gasteiger partial charge is 0.253 e. The number of aromatic amines is 1. The number of carbonyl (C=O) groups excluding carboxylic acids is 1. The number of aromatic nitrogens is 2. The maximum Gasteiger partial charge on any atom is 0.253 e. The van der Waals surface area contributed by atoms with Crippen LogP contribution in [0.25, 0.3) is 22.5 Å². The Labute approximate surface area is 178 Å². The van der Waals surface area contributed by atoms with E-state index in [4.69, 9.17) is 0 Å². The van der Waals surface area contributed by atoms with Crippen molar-refractivity contribution < 1.29 is 13.6 Å². The highest BCUT2D eigenvalue weighted by molar-refractivity contribution is 6.01. The van der Waals surface area contributed by atoms with Crippen LogP contribution in [0.2, 0.25) is 0 Å². The number of aryl methyl sites for hydroxylation is 1. The first-order valence-electron chi connectivity index (χ1n) is 10.7. The molecule has 1 spiro atoms. The molecule has 1 amide bonds. The third-order valence-electron chi connectivity index (χ3n) is 6.95. The van der Waals surface area contributed by atoms with Crippen LogP contribution in [-0.4, -0.2) is 53.6 Å². The van der Waals surface area contributed by atoms with Crippen molar-refractivity contribution in [2.24, 2.45) is 0 Å². The fourth-order valence-corrected chi connectivity index (χ4v) is 5.44. The van der Waals surface area contributed by atoms with Crippen LogP contribution < -0.4 is 5.32 Å². The molecule has 2 aliphatic heterocycles. The molecule has 3 aromatic rings. The number of benzene rings is 1. The normalized spacial score (nSPS) is 18.7. The van der Waals surface area contributed by atoms with Crippen LogP contribution in [0.5, 0.6) is 0 Å². The number of halogens is 2. The largest absolute Gasteiger partial charge is 0.357 e. The van der Waals surface area contributed by atoms with Gasteiger partial charge in [-0.15, -0.1) is 0 Å². The fraction of sp³-hybridized carbons (Fsp3) is 0.333. The summed E-state index contributed by atoms with van der Waals surface area (Å²) in [5.74, 6) is -0.355. The number of hydrogen-bond acceptors (Lipinski definition) is 3. The van der Waals surface area contributed by atoms with Gasteiger partial charge >= 0.3 is 0 Å². The van der Waals surface area contributed by atoms with E-state index in [9.17, 15) is 13.6 Å². The molecule has 1 fully saturated rings. The number of hydrogen-bond donors (Lipinski definition) is 2. The van der Waals surface area contributed by atoms with Gasteiger partial charge in [-0.2, -0.15) is 0 Å². The SMILES string of the molecule is O=C1NCC2(CN(CCF)C2)c2[nH]c3c(c21)CCc1cnc(-c2ccccc2F)cc1-3. The van der Waals surface area contributed by atoms with E-state index in [0.29, 0.717) is 24.3 Å². The lowest BCUT2D eigenvalue weighted by Gasteiger charge is -2.51. The maximum absolute atomic E-state index is 14.4. The number of pyridine rings is 1. The van der Waals surface area contributed by atoms with Gasteiger partial charge in [0.2, 0.25) is 0 Å². The monoisotopic (exact) mass is 420 g/mol. The summed E-state index contributed by atoms with van der Waals surface area (Å²) in [5, 5.41) is 3.06. The third-order valence-corrected chi connectivity index (χ3v) is 6.95. The van der Waals surface area contributed by atoms with Crippen LogP contribution in [0.3, 0.4) is 0 Å². The molecular formula is C24H22F2N4O. The second kappa shape index (κ2) is 6.72. The molecule has 2 N–H and O–H groups in total. The molecule has 1 aromatic carbocycles. The number of nitrogens with one attached hydrogen (secondary N) is 2. The summed E-state index contributed by atoms with van der Waals surface area (Å²) in [5.41, 5.74) is 6.58. The van der Waals surface area contributed by atoms with E-state index in [1.54, 1.807) is 18.2 Å². The predicted molar refractivity (Wildman–Crippen MR) is 113 cm³/mol. The summed E-state index contributed by atoms with van der Waals surface area (Å²) in [6, 6.07) is 8.55. The second-order valence-electron chi connectivity index (χ2n) is 8.80. The summed E-state index contributed by atoms with van der Waals surface area (Å²) in [7, 11) is 0. The number of amides is 1. The van der Waals surface area contributed by atoms with Crippen molar-refractivity contribution in [1.29, 1.82) is 0 Å². The molecule has 0 saturated carbocycles. The summed E-state index contributed by atoms with van der Waals surface area (Å²) < 4.78 is 27.1. The quantitative estimate of drug-likeness (QED) is 0.684. The average Bonchev–Trinajstić information content (AvgIpc) is 3.16. The summed E-state index contributed by atoms with van der Waals surface area (Å²) in [6.45, 7) is 2.08. The van der Waals surface area contributed by atoms with Gasteiger partial charge in [0, 0.05) is 49.2 Å². The number of likely N-dealkylation sites (tertiary alicyclic amines) is 1. The zero-order valence-electron chi connectivity index (χ0n) is 17.0. The van der Waals surface area contributed by atoms with Crippen molar-refractivity contribution in [2.45, 2.75) is 18.3 Å². The minimum atomic E-state index is -0.365. The summed E-state index contributed by atoms with van der Waals surface area (Å²) in [6.07, 6.45) is 3.36. The molecule has 31 heavy (non-hydrogen) atoms. The first-order valence-corrected chi connectivity index (χ1v) is 10.7. The van der Waals surface area contributed by atoms with Crippen molar-refractivity contribution in [3.63, 3.8) is 0 Å². The van der Waals surface area contributed by atoms with Gasteiger partial charge in [0.15, 0.2) is 0 Å². The van der Waals surface area contributed by atoms with Gasteiger partial charge < -0.3 is 10.3 Å². The van der Waals surface area contributed by atoms with Crippen LogP contribution >= 0.6 is 0 Å². The lowest BCUT2D eigenvalue weighted by atomic mass is 9.72. The van der Waals surface area contributed by atoms with Crippen LogP contribution in [0.15, 0.2) is 36.5 Å². The lowest BCUT2D eigenvalue weighted by molar-refractivity contribution is 0.0473. The highest BCUT2D eigenvalue weighted by atomic mass is 19.1. The third kappa shape index (κ3) is 2.69. The molecular weight excluding hydrogens is 398 g/mol. The van der Waals surface area contributed by atoms with E-state index in [2.05, 4.69) is 20.2 Å². The number of rotatable bonds is 3. The lowest BCUT2D eigenvalue weighted by Crippen LogP contribution is -2.66. The zero-order valence-corrected chi connectivity index (χ0v) is 17.0.